The molecule has 1 saturated carbocycles. The lowest BCUT2D eigenvalue weighted by Crippen LogP contribution is -2.00. The maximum absolute atomic E-state index is 10.8. The van der Waals surface area contributed by atoms with Gasteiger partial charge in [0, 0.05) is 6.42 Å². The Hall–Kier alpha value is -0.530. The molecule has 0 aliphatic heterocycles. The van der Waals surface area contributed by atoms with Crippen molar-refractivity contribution in [1.82, 2.24) is 0 Å². The van der Waals surface area contributed by atoms with Crippen molar-refractivity contribution in [3.63, 3.8) is 0 Å². The van der Waals surface area contributed by atoms with Gasteiger partial charge in [0.25, 0.3) is 0 Å². The molecule has 0 amide bonds. The third kappa shape index (κ3) is 4.30. The smallest absolute Gasteiger partial charge is 0.305 e. The van der Waals surface area contributed by atoms with E-state index in [0.717, 1.165) is 12.3 Å². The SMILES string of the molecule is COC(=O)CCCCC1CCCC1. The van der Waals surface area contributed by atoms with E-state index in [-0.39, 0.29) is 5.97 Å². The molecule has 0 aromatic carbocycles. The molecule has 0 aromatic heterocycles. The van der Waals surface area contributed by atoms with Crippen LogP contribution in [0.3, 0.4) is 0 Å². The number of methoxy groups -OCH3 is 1. The largest absolute Gasteiger partial charge is 0.469 e. The number of rotatable bonds is 5. The molecule has 76 valence electrons. The molecule has 0 atom stereocenters. The molecule has 2 nitrogen and oxygen atoms in total. The Morgan fingerprint density at radius 2 is 2.00 bits per heavy atom. The van der Waals surface area contributed by atoms with Crippen LogP contribution in [0, 0.1) is 5.92 Å². The summed E-state index contributed by atoms with van der Waals surface area (Å²) in [5.41, 5.74) is 0. The first-order chi connectivity index (χ1) is 6.33. The normalized spacial score (nSPS) is 17.6. The van der Waals surface area contributed by atoms with Gasteiger partial charge in [0.2, 0.25) is 0 Å². The van der Waals surface area contributed by atoms with E-state index in [4.69, 9.17) is 0 Å². The average Bonchev–Trinajstić information content (AvgIpc) is 2.64. The number of unbranched alkanes of at least 4 members (excludes halogenated alkanes) is 1. The van der Waals surface area contributed by atoms with E-state index in [2.05, 4.69) is 4.74 Å². The van der Waals surface area contributed by atoms with Gasteiger partial charge in [-0.25, -0.2) is 0 Å². The first-order valence-electron chi connectivity index (χ1n) is 5.39. The third-order valence-corrected chi connectivity index (χ3v) is 2.95. The first-order valence-corrected chi connectivity index (χ1v) is 5.39. The highest BCUT2D eigenvalue weighted by Gasteiger charge is 2.14. The minimum atomic E-state index is -0.0635. The molecule has 0 unspecified atom stereocenters. The van der Waals surface area contributed by atoms with Crippen molar-refractivity contribution in [2.45, 2.75) is 51.4 Å². The van der Waals surface area contributed by atoms with Crippen LogP contribution in [-0.2, 0) is 9.53 Å². The number of esters is 1. The molecule has 1 rings (SSSR count). The van der Waals surface area contributed by atoms with Gasteiger partial charge in [0.15, 0.2) is 0 Å². The molecule has 1 aliphatic rings. The number of hydrogen-bond acceptors (Lipinski definition) is 2. The zero-order valence-electron chi connectivity index (χ0n) is 8.55. The fourth-order valence-electron chi connectivity index (χ4n) is 2.10. The van der Waals surface area contributed by atoms with Crippen molar-refractivity contribution in [3.8, 4) is 0 Å². The average molecular weight is 184 g/mol. The summed E-state index contributed by atoms with van der Waals surface area (Å²) in [6.07, 6.45) is 9.78. The van der Waals surface area contributed by atoms with Gasteiger partial charge in [-0.2, -0.15) is 0 Å². The Morgan fingerprint density at radius 3 is 2.62 bits per heavy atom. The molecular weight excluding hydrogens is 164 g/mol. The molecule has 0 spiro atoms. The highest BCUT2D eigenvalue weighted by Crippen LogP contribution is 2.29. The van der Waals surface area contributed by atoms with Crippen LogP contribution in [0.15, 0.2) is 0 Å². The van der Waals surface area contributed by atoms with E-state index in [9.17, 15) is 4.79 Å². The van der Waals surface area contributed by atoms with Gasteiger partial charge in [0.1, 0.15) is 0 Å². The van der Waals surface area contributed by atoms with Crippen LogP contribution in [-0.4, -0.2) is 13.1 Å². The van der Waals surface area contributed by atoms with Crippen LogP contribution in [0.1, 0.15) is 51.4 Å². The van der Waals surface area contributed by atoms with Gasteiger partial charge in [-0.05, 0) is 12.3 Å². The molecule has 0 bridgehead atoms. The van der Waals surface area contributed by atoms with Crippen molar-refractivity contribution in [3.05, 3.63) is 0 Å². The zero-order chi connectivity index (χ0) is 9.52. The van der Waals surface area contributed by atoms with Crippen LogP contribution in [0.2, 0.25) is 0 Å². The predicted octanol–water partition coefficient (Wildman–Crippen LogP) is 2.91. The fourth-order valence-corrected chi connectivity index (χ4v) is 2.10. The summed E-state index contributed by atoms with van der Waals surface area (Å²) in [6, 6.07) is 0. The standard InChI is InChI=1S/C11H20O2/c1-13-11(12)9-5-4-8-10-6-2-3-7-10/h10H,2-9H2,1H3. The number of hydrogen-bond donors (Lipinski definition) is 0. The maximum Gasteiger partial charge on any atom is 0.305 e. The molecule has 1 aliphatic carbocycles. The van der Waals surface area contributed by atoms with Gasteiger partial charge >= 0.3 is 5.97 Å². The van der Waals surface area contributed by atoms with E-state index in [0.29, 0.717) is 6.42 Å². The zero-order valence-corrected chi connectivity index (χ0v) is 8.55. The van der Waals surface area contributed by atoms with E-state index < -0.39 is 0 Å². The number of ether oxygens (including phenoxy) is 1. The van der Waals surface area contributed by atoms with Gasteiger partial charge in [-0.15, -0.1) is 0 Å². The second-order valence-electron chi connectivity index (χ2n) is 3.97. The molecule has 2 heteroatoms. The Kier molecular flexibility index (Phi) is 4.87. The van der Waals surface area contributed by atoms with Gasteiger partial charge in [0.05, 0.1) is 7.11 Å². The van der Waals surface area contributed by atoms with Crippen LogP contribution in [0.25, 0.3) is 0 Å². The minimum absolute atomic E-state index is 0.0635. The number of carbonyl (C=O) groups excluding carboxylic acids is 1. The van der Waals surface area contributed by atoms with Gasteiger partial charge in [-0.3, -0.25) is 4.79 Å². The summed E-state index contributed by atoms with van der Waals surface area (Å²) in [5.74, 6) is 0.893. The van der Waals surface area contributed by atoms with Gasteiger partial charge in [-0.1, -0.05) is 38.5 Å². The van der Waals surface area contributed by atoms with E-state index >= 15 is 0 Å². The topological polar surface area (TPSA) is 26.3 Å². The Balaban J connectivity index is 1.91. The highest BCUT2D eigenvalue weighted by atomic mass is 16.5. The van der Waals surface area contributed by atoms with Crippen LogP contribution >= 0.6 is 0 Å². The van der Waals surface area contributed by atoms with E-state index in [1.54, 1.807) is 0 Å². The summed E-state index contributed by atoms with van der Waals surface area (Å²) in [4.78, 5) is 10.8. The summed E-state index contributed by atoms with van der Waals surface area (Å²) in [7, 11) is 1.46. The molecular formula is C11H20O2. The lowest BCUT2D eigenvalue weighted by Gasteiger charge is -2.07. The fraction of sp³-hybridized carbons (Fsp3) is 0.909. The molecule has 0 heterocycles. The molecule has 0 saturated heterocycles. The third-order valence-electron chi connectivity index (χ3n) is 2.95. The second-order valence-corrected chi connectivity index (χ2v) is 3.97. The summed E-state index contributed by atoms with van der Waals surface area (Å²) in [6.45, 7) is 0. The van der Waals surface area contributed by atoms with E-state index in [1.807, 2.05) is 0 Å². The van der Waals surface area contributed by atoms with Gasteiger partial charge < -0.3 is 4.74 Å². The highest BCUT2D eigenvalue weighted by molar-refractivity contribution is 5.68. The Morgan fingerprint density at radius 1 is 1.31 bits per heavy atom. The van der Waals surface area contributed by atoms with Crippen LogP contribution in [0.4, 0.5) is 0 Å². The predicted molar refractivity (Wildman–Crippen MR) is 52.4 cm³/mol. The van der Waals surface area contributed by atoms with Crippen LogP contribution < -0.4 is 0 Å². The molecule has 0 aromatic rings. The second kappa shape index (κ2) is 6.01. The van der Waals surface area contributed by atoms with Crippen molar-refractivity contribution in [2.75, 3.05) is 7.11 Å². The molecule has 1 fully saturated rings. The van der Waals surface area contributed by atoms with E-state index in [1.165, 1.54) is 45.6 Å². The summed E-state index contributed by atoms with van der Waals surface area (Å²) in [5, 5.41) is 0. The minimum Gasteiger partial charge on any atom is -0.469 e. The number of carbonyl (C=O) groups is 1. The quantitative estimate of drug-likeness (QED) is 0.485. The van der Waals surface area contributed by atoms with Crippen molar-refractivity contribution in [1.29, 1.82) is 0 Å². The van der Waals surface area contributed by atoms with Crippen molar-refractivity contribution in [2.24, 2.45) is 5.92 Å². The maximum atomic E-state index is 10.8. The van der Waals surface area contributed by atoms with Crippen molar-refractivity contribution < 1.29 is 9.53 Å². The molecule has 0 N–H and O–H groups in total. The molecule has 0 radical (unpaired) electrons. The summed E-state index contributed by atoms with van der Waals surface area (Å²) >= 11 is 0. The Bertz CT molecular complexity index is 148. The lowest BCUT2D eigenvalue weighted by molar-refractivity contribution is -0.140. The molecule has 13 heavy (non-hydrogen) atoms. The summed E-state index contributed by atoms with van der Waals surface area (Å²) < 4.78 is 4.58. The lowest BCUT2D eigenvalue weighted by atomic mass is 10.00. The van der Waals surface area contributed by atoms with Crippen molar-refractivity contribution >= 4 is 5.97 Å². The first kappa shape index (κ1) is 10.6. The monoisotopic (exact) mass is 184 g/mol. The van der Waals surface area contributed by atoms with Crippen LogP contribution in [0.5, 0.6) is 0 Å². The Labute approximate surface area is 80.7 Å².